The van der Waals surface area contributed by atoms with Crippen molar-refractivity contribution in [2.24, 2.45) is 14.1 Å². The summed E-state index contributed by atoms with van der Waals surface area (Å²) in [6.07, 6.45) is 0. The van der Waals surface area contributed by atoms with Crippen molar-refractivity contribution in [1.29, 1.82) is 0 Å². The number of rotatable bonds is 6. The second-order valence-corrected chi connectivity index (χ2v) is 6.34. The topological polar surface area (TPSA) is 113 Å². The Morgan fingerprint density at radius 1 is 1.15 bits per heavy atom. The third kappa shape index (κ3) is 3.41. The lowest BCUT2D eigenvalue weighted by Crippen LogP contribution is -2.91. The first kappa shape index (κ1) is 19.5. The summed E-state index contributed by atoms with van der Waals surface area (Å²) < 4.78 is 7.35. The molecular formula is C18H25N4O4+. The maximum absolute atomic E-state index is 12.9. The number of anilines is 1. The van der Waals surface area contributed by atoms with Crippen molar-refractivity contribution in [3.05, 3.63) is 56.2 Å². The Morgan fingerprint density at radius 2 is 1.77 bits per heavy atom. The average Bonchev–Trinajstić information content (AvgIpc) is 2.64. The summed E-state index contributed by atoms with van der Waals surface area (Å²) in [4.78, 5) is 37.1. The highest BCUT2D eigenvalue weighted by Gasteiger charge is 2.29. The number of carbonyl (C=O) groups is 1. The predicted octanol–water partition coefficient (Wildman–Crippen LogP) is -0.429. The van der Waals surface area contributed by atoms with E-state index >= 15 is 0 Å². The number of ketones is 1. The number of nitrogens with two attached hydrogens (primary N) is 2. The van der Waals surface area contributed by atoms with Gasteiger partial charge in [0.2, 0.25) is 5.78 Å². The van der Waals surface area contributed by atoms with Gasteiger partial charge < -0.3 is 15.8 Å². The van der Waals surface area contributed by atoms with Crippen LogP contribution in [-0.4, -0.2) is 28.1 Å². The van der Waals surface area contributed by atoms with Gasteiger partial charge in [0.1, 0.15) is 29.2 Å². The van der Waals surface area contributed by atoms with Gasteiger partial charge in [0.15, 0.2) is 0 Å². The molecule has 8 heteroatoms. The lowest BCUT2D eigenvalue weighted by Gasteiger charge is -2.19. The van der Waals surface area contributed by atoms with Crippen LogP contribution in [-0.2, 0) is 14.1 Å². The predicted molar refractivity (Wildman–Crippen MR) is 98.5 cm³/mol. The normalized spacial score (nSPS) is 13.3. The minimum Gasteiger partial charge on any atom is -0.496 e. The van der Waals surface area contributed by atoms with Crippen molar-refractivity contribution in [2.45, 2.75) is 25.9 Å². The molecule has 0 bridgehead atoms. The molecule has 0 aliphatic heterocycles. The molecule has 2 aromatic rings. The van der Waals surface area contributed by atoms with Gasteiger partial charge in [-0.15, -0.1) is 0 Å². The zero-order chi connectivity index (χ0) is 19.6. The Balaban J connectivity index is 2.34. The minimum absolute atomic E-state index is 0.0808. The molecule has 0 fully saturated rings. The van der Waals surface area contributed by atoms with Gasteiger partial charge in [0, 0.05) is 14.1 Å². The van der Waals surface area contributed by atoms with Crippen LogP contribution in [0, 0.1) is 0 Å². The van der Waals surface area contributed by atoms with E-state index in [2.05, 4.69) is 0 Å². The summed E-state index contributed by atoms with van der Waals surface area (Å²) in [7, 11) is 4.35. The van der Waals surface area contributed by atoms with Gasteiger partial charge in [-0.25, -0.2) is 4.79 Å². The van der Waals surface area contributed by atoms with Crippen molar-refractivity contribution in [3.63, 3.8) is 0 Å². The van der Waals surface area contributed by atoms with Crippen LogP contribution >= 0.6 is 0 Å². The van der Waals surface area contributed by atoms with E-state index < -0.39 is 23.1 Å². The Hall–Kier alpha value is -2.87. The Labute approximate surface area is 151 Å². The van der Waals surface area contributed by atoms with Crippen LogP contribution in [0.1, 0.15) is 35.8 Å². The zero-order valence-electron chi connectivity index (χ0n) is 15.6. The molecular weight excluding hydrogens is 336 g/mol. The number of aromatic nitrogens is 2. The standard InChI is InChI=1S/C18H24N4O4/c1-10(12-8-6-7-9-13(12)26-5)20-11(2)15(23)14-16(19)21(3)18(25)22(4)17(14)24/h6-11,20H,19H2,1-5H3/p+1/t10-,11-/m0/s1. The fourth-order valence-electron chi connectivity index (χ4n) is 2.99. The zero-order valence-corrected chi connectivity index (χ0v) is 15.6. The number of ether oxygens (including phenoxy) is 1. The monoisotopic (exact) mass is 361 g/mol. The third-order valence-corrected chi connectivity index (χ3v) is 4.58. The van der Waals surface area contributed by atoms with E-state index in [0.717, 1.165) is 20.4 Å². The molecule has 4 N–H and O–H groups in total. The van der Waals surface area contributed by atoms with E-state index in [0.29, 0.717) is 0 Å². The number of methoxy groups -OCH3 is 1. The van der Waals surface area contributed by atoms with Crippen LogP contribution in [0.4, 0.5) is 5.82 Å². The molecule has 0 radical (unpaired) electrons. The Morgan fingerprint density at radius 3 is 2.38 bits per heavy atom. The van der Waals surface area contributed by atoms with Crippen LogP contribution < -0.4 is 27.0 Å². The number of Topliss-reactive ketones (excluding diaryl/α,β-unsaturated/α-hetero) is 1. The summed E-state index contributed by atoms with van der Waals surface area (Å²) in [5.41, 5.74) is 5.41. The highest BCUT2D eigenvalue weighted by Crippen LogP contribution is 2.22. The molecule has 8 nitrogen and oxygen atoms in total. The number of hydrogen-bond acceptors (Lipinski definition) is 5. The molecule has 1 aromatic carbocycles. The molecule has 0 saturated heterocycles. The molecule has 0 saturated carbocycles. The van der Waals surface area contributed by atoms with Crippen LogP contribution in [0.5, 0.6) is 5.75 Å². The van der Waals surface area contributed by atoms with Gasteiger partial charge in [-0.05, 0) is 26.0 Å². The molecule has 2 atom stereocenters. The Kier molecular flexibility index (Phi) is 5.66. The van der Waals surface area contributed by atoms with Crippen LogP contribution in [0.3, 0.4) is 0 Å². The number of nitrogens with zero attached hydrogens (tertiary/aromatic N) is 2. The van der Waals surface area contributed by atoms with Crippen molar-refractivity contribution < 1.29 is 14.8 Å². The number of para-hydroxylation sites is 1. The number of quaternary nitrogens is 1. The molecule has 1 heterocycles. The molecule has 1 aromatic heterocycles. The van der Waals surface area contributed by atoms with E-state index in [-0.39, 0.29) is 17.4 Å². The largest absolute Gasteiger partial charge is 0.496 e. The molecule has 0 unspecified atom stereocenters. The number of nitrogen functional groups attached to an aromatic ring is 1. The van der Waals surface area contributed by atoms with Gasteiger partial charge in [-0.3, -0.25) is 18.7 Å². The maximum Gasteiger partial charge on any atom is 0.332 e. The SMILES string of the molecule is COc1ccccc1[C@H](C)[NH2+][C@@H](C)C(=O)c1c(N)n(C)c(=O)n(C)c1=O. The van der Waals surface area contributed by atoms with Crippen LogP contribution in [0.2, 0.25) is 0 Å². The summed E-state index contributed by atoms with van der Waals surface area (Å²) >= 11 is 0. The van der Waals surface area contributed by atoms with Crippen LogP contribution in [0.25, 0.3) is 0 Å². The molecule has 140 valence electrons. The fourth-order valence-corrected chi connectivity index (χ4v) is 2.99. The molecule has 0 amide bonds. The van der Waals surface area contributed by atoms with E-state index in [1.54, 1.807) is 14.0 Å². The summed E-state index contributed by atoms with van der Waals surface area (Å²) in [6.45, 7) is 3.65. The quantitative estimate of drug-likeness (QED) is 0.678. The minimum atomic E-state index is -0.680. The van der Waals surface area contributed by atoms with Gasteiger partial charge in [-0.2, -0.15) is 0 Å². The highest BCUT2D eigenvalue weighted by molar-refractivity contribution is 6.02. The second-order valence-electron chi connectivity index (χ2n) is 6.34. The average molecular weight is 361 g/mol. The summed E-state index contributed by atoms with van der Waals surface area (Å²) in [5, 5.41) is 1.84. The summed E-state index contributed by atoms with van der Waals surface area (Å²) in [5.74, 6) is 0.196. The van der Waals surface area contributed by atoms with E-state index in [1.165, 1.54) is 14.1 Å². The Bertz CT molecular complexity index is 945. The fraction of sp³-hybridized carbons (Fsp3) is 0.389. The smallest absolute Gasteiger partial charge is 0.332 e. The number of benzene rings is 1. The highest BCUT2D eigenvalue weighted by atomic mass is 16.5. The maximum atomic E-state index is 12.9. The molecule has 0 aliphatic rings. The van der Waals surface area contributed by atoms with E-state index in [4.69, 9.17) is 10.5 Å². The molecule has 0 aliphatic carbocycles. The van der Waals surface area contributed by atoms with Crippen molar-refractivity contribution in [1.82, 2.24) is 9.13 Å². The first-order valence-electron chi connectivity index (χ1n) is 8.28. The van der Waals surface area contributed by atoms with Gasteiger partial charge in [0.25, 0.3) is 5.56 Å². The van der Waals surface area contributed by atoms with Crippen molar-refractivity contribution >= 4 is 11.6 Å². The van der Waals surface area contributed by atoms with Crippen LogP contribution in [0.15, 0.2) is 33.9 Å². The number of hydrogen-bond donors (Lipinski definition) is 2. The second kappa shape index (κ2) is 7.57. The first-order chi connectivity index (χ1) is 12.2. The number of carbonyl (C=O) groups excluding carboxylic acids is 1. The van der Waals surface area contributed by atoms with Crippen molar-refractivity contribution in [3.8, 4) is 5.75 Å². The van der Waals surface area contributed by atoms with E-state index in [1.807, 2.05) is 36.5 Å². The lowest BCUT2D eigenvalue weighted by atomic mass is 10.0. The van der Waals surface area contributed by atoms with Gasteiger partial charge in [-0.1, -0.05) is 12.1 Å². The first-order valence-corrected chi connectivity index (χ1v) is 8.28. The van der Waals surface area contributed by atoms with Gasteiger partial charge >= 0.3 is 5.69 Å². The van der Waals surface area contributed by atoms with Gasteiger partial charge in [0.05, 0.1) is 12.7 Å². The molecule has 26 heavy (non-hydrogen) atoms. The summed E-state index contributed by atoms with van der Waals surface area (Å²) in [6, 6.07) is 6.91. The lowest BCUT2D eigenvalue weighted by molar-refractivity contribution is -0.709. The van der Waals surface area contributed by atoms with E-state index in [9.17, 15) is 14.4 Å². The van der Waals surface area contributed by atoms with Crippen molar-refractivity contribution in [2.75, 3.05) is 12.8 Å². The third-order valence-electron chi connectivity index (χ3n) is 4.58. The molecule has 0 spiro atoms. The molecule has 2 rings (SSSR count).